The molecule has 0 N–H and O–H groups in total. The summed E-state index contributed by atoms with van der Waals surface area (Å²) < 4.78 is 27.1. The Labute approximate surface area is 129 Å². The van der Waals surface area contributed by atoms with Gasteiger partial charge in [-0.25, -0.2) is 17.4 Å². The van der Waals surface area contributed by atoms with Gasteiger partial charge in [0.15, 0.2) is 5.65 Å². The lowest BCUT2D eigenvalue weighted by Gasteiger charge is -2.06. The standard InChI is InChI=1S/C17H16N2O2S/c20-22(21,15-5-2-1-3-6-15)19-12-14(11-13-8-9-13)16-7-4-10-18-17(16)19/h1-7,10,12-13H,8-9,11H2. The third-order valence-electron chi connectivity index (χ3n) is 4.12. The molecule has 1 fully saturated rings. The lowest BCUT2D eigenvalue weighted by molar-refractivity contribution is 0.588. The van der Waals surface area contributed by atoms with Crippen molar-refractivity contribution in [2.75, 3.05) is 0 Å². The Kier molecular flexibility index (Phi) is 3.04. The average molecular weight is 312 g/mol. The van der Waals surface area contributed by atoms with Crippen molar-refractivity contribution in [3.8, 4) is 0 Å². The van der Waals surface area contributed by atoms with E-state index in [2.05, 4.69) is 4.98 Å². The molecule has 0 aliphatic heterocycles. The van der Waals surface area contributed by atoms with Crippen molar-refractivity contribution in [3.05, 3.63) is 60.4 Å². The van der Waals surface area contributed by atoms with E-state index in [9.17, 15) is 8.42 Å². The predicted molar refractivity (Wildman–Crippen MR) is 85.2 cm³/mol. The minimum atomic E-state index is -3.61. The molecule has 0 atom stereocenters. The highest BCUT2D eigenvalue weighted by molar-refractivity contribution is 7.90. The van der Waals surface area contributed by atoms with Crippen LogP contribution < -0.4 is 0 Å². The number of nitrogens with zero attached hydrogens (tertiary/aromatic N) is 2. The number of rotatable bonds is 4. The zero-order valence-corrected chi connectivity index (χ0v) is 12.8. The van der Waals surface area contributed by atoms with E-state index in [1.807, 2.05) is 18.2 Å². The van der Waals surface area contributed by atoms with Crippen LogP contribution in [0.2, 0.25) is 0 Å². The van der Waals surface area contributed by atoms with Gasteiger partial charge in [-0.3, -0.25) is 0 Å². The van der Waals surface area contributed by atoms with Crippen LogP contribution in [0.25, 0.3) is 11.0 Å². The van der Waals surface area contributed by atoms with Crippen molar-refractivity contribution in [1.29, 1.82) is 0 Å². The summed E-state index contributed by atoms with van der Waals surface area (Å²) in [7, 11) is -3.61. The summed E-state index contributed by atoms with van der Waals surface area (Å²) in [4.78, 5) is 4.59. The summed E-state index contributed by atoms with van der Waals surface area (Å²) in [5.41, 5.74) is 1.59. The van der Waals surface area contributed by atoms with Crippen molar-refractivity contribution in [1.82, 2.24) is 8.96 Å². The number of aromatic nitrogens is 2. The zero-order valence-electron chi connectivity index (χ0n) is 12.0. The van der Waals surface area contributed by atoms with Gasteiger partial charge in [0.25, 0.3) is 10.0 Å². The molecule has 2 aromatic heterocycles. The molecule has 0 amide bonds. The topological polar surface area (TPSA) is 52.0 Å². The van der Waals surface area contributed by atoms with Gasteiger partial charge in [-0.15, -0.1) is 0 Å². The Morgan fingerprint density at radius 3 is 2.59 bits per heavy atom. The second-order valence-electron chi connectivity index (χ2n) is 5.79. The Balaban J connectivity index is 1.91. The summed E-state index contributed by atoms with van der Waals surface area (Å²) in [5.74, 6) is 0.693. The van der Waals surface area contributed by atoms with Crippen LogP contribution in [0.15, 0.2) is 59.8 Å². The van der Waals surface area contributed by atoms with Crippen LogP contribution in [0, 0.1) is 5.92 Å². The molecule has 4 nitrogen and oxygen atoms in total. The van der Waals surface area contributed by atoms with E-state index in [1.165, 1.54) is 16.8 Å². The first-order valence-corrected chi connectivity index (χ1v) is 8.86. The highest BCUT2D eigenvalue weighted by atomic mass is 32.2. The number of benzene rings is 1. The van der Waals surface area contributed by atoms with Gasteiger partial charge in [-0.2, -0.15) is 0 Å². The Hall–Kier alpha value is -2.14. The van der Waals surface area contributed by atoms with Gasteiger partial charge in [-0.1, -0.05) is 18.2 Å². The fourth-order valence-electron chi connectivity index (χ4n) is 2.78. The largest absolute Gasteiger partial charge is 0.269 e. The van der Waals surface area contributed by atoms with Gasteiger partial charge < -0.3 is 0 Å². The van der Waals surface area contributed by atoms with E-state index in [0.29, 0.717) is 11.6 Å². The highest BCUT2D eigenvalue weighted by Gasteiger charge is 2.26. The summed E-state index contributed by atoms with van der Waals surface area (Å²) in [6.07, 6.45) is 6.79. The van der Waals surface area contributed by atoms with Gasteiger partial charge in [0.2, 0.25) is 0 Å². The molecule has 1 aliphatic carbocycles. The number of hydrogen-bond acceptors (Lipinski definition) is 3. The number of pyridine rings is 1. The van der Waals surface area contributed by atoms with Crippen molar-refractivity contribution >= 4 is 21.1 Å². The van der Waals surface area contributed by atoms with Gasteiger partial charge in [0.1, 0.15) is 0 Å². The maximum atomic E-state index is 12.9. The molecule has 5 heteroatoms. The quantitative estimate of drug-likeness (QED) is 0.743. The fraction of sp³-hybridized carbons (Fsp3) is 0.235. The van der Waals surface area contributed by atoms with Crippen LogP contribution in [0.1, 0.15) is 18.4 Å². The van der Waals surface area contributed by atoms with Crippen LogP contribution in [0.5, 0.6) is 0 Å². The molecule has 3 aromatic rings. The minimum Gasteiger partial charge on any atom is -0.237 e. The van der Waals surface area contributed by atoms with E-state index < -0.39 is 10.0 Å². The predicted octanol–water partition coefficient (Wildman–Crippen LogP) is 3.23. The van der Waals surface area contributed by atoms with Crippen LogP contribution in [0.3, 0.4) is 0 Å². The monoisotopic (exact) mass is 312 g/mol. The summed E-state index contributed by atoms with van der Waals surface area (Å²) in [6, 6.07) is 12.3. The van der Waals surface area contributed by atoms with Crippen molar-refractivity contribution in [3.63, 3.8) is 0 Å². The smallest absolute Gasteiger partial charge is 0.237 e. The molecule has 0 radical (unpaired) electrons. The Morgan fingerprint density at radius 2 is 1.86 bits per heavy atom. The van der Waals surface area contributed by atoms with Crippen LogP contribution in [0.4, 0.5) is 0 Å². The van der Waals surface area contributed by atoms with E-state index in [4.69, 9.17) is 0 Å². The Morgan fingerprint density at radius 1 is 1.09 bits per heavy atom. The first-order chi connectivity index (χ1) is 10.7. The van der Waals surface area contributed by atoms with E-state index in [1.54, 1.807) is 36.7 Å². The SMILES string of the molecule is O=S(=O)(c1ccccc1)n1cc(CC2CC2)c2cccnc21. The van der Waals surface area contributed by atoms with Crippen molar-refractivity contribution in [2.24, 2.45) is 5.92 Å². The summed E-state index contributed by atoms with van der Waals surface area (Å²) in [6.45, 7) is 0. The van der Waals surface area contributed by atoms with Gasteiger partial charge in [-0.05, 0) is 55.0 Å². The maximum Gasteiger partial charge on any atom is 0.269 e. The van der Waals surface area contributed by atoms with Crippen molar-refractivity contribution in [2.45, 2.75) is 24.2 Å². The molecule has 0 unspecified atom stereocenters. The van der Waals surface area contributed by atoms with Crippen LogP contribution in [-0.4, -0.2) is 17.4 Å². The lowest BCUT2D eigenvalue weighted by Crippen LogP contribution is -2.12. The number of hydrogen-bond donors (Lipinski definition) is 0. The second kappa shape index (κ2) is 4.95. The first-order valence-electron chi connectivity index (χ1n) is 7.42. The molecular formula is C17H16N2O2S. The molecule has 0 bridgehead atoms. The number of fused-ring (bicyclic) bond motifs is 1. The first kappa shape index (κ1) is 13.5. The van der Waals surface area contributed by atoms with Crippen molar-refractivity contribution < 1.29 is 8.42 Å². The molecule has 4 rings (SSSR count). The zero-order chi connectivity index (χ0) is 15.2. The molecule has 0 spiro atoms. The van der Waals surface area contributed by atoms with Gasteiger partial charge >= 0.3 is 0 Å². The minimum absolute atomic E-state index is 0.288. The maximum absolute atomic E-state index is 12.9. The van der Waals surface area contributed by atoms with Crippen LogP contribution >= 0.6 is 0 Å². The van der Waals surface area contributed by atoms with E-state index in [-0.39, 0.29) is 4.90 Å². The Bertz CT molecular complexity index is 926. The second-order valence-corrected chi connectivity index (χ2v) is 7.61. The molecule has 0 saturated heterocycles. The average Bonchev–Trinajstić information content (AvgIpc) is 3.28. The molecule has 1 aromatic carbocycles. The molecule has 112 valence electrons. The third-order valence-corrected chi connectivity index (χ3v) is 5.78. The molecule has 1 saturated carbocycles. The third kappa shape index (κ3) is 2.22. The molecule has 1 aliphatic rings. The molecule has 2 heterocycles. The van der Waals surface area contributed by atoms with Gasteiger partial charge in [0, 0.05) is 17.8 Å². The lowest BCUT2D eigenvalue weighted by atomic mass is 10.1. The summed E-state index contributed by atoms with van der Waals surface area (Å²) >= 11 is 0. The van der Waals surface area contributed by atoms with E-state index in [0.717, 1.165) is 17.4 Å². The molecule has 22 heavy (non-hydrogen) atoms. The normalized spacial score (nSPS) is 15.3. The van der Waals surface area contributed by atoms with Gasteiger partial charge in [0.05, 0.1) is 4.90 Å². The highest BCUT2D eigenvalue weighted by Crippen LogP contribution is 2.35. The van der Waals surface area contributed by atoms with Crippen LogP contribution in [-0.2, 0) is 16.4 Å². The summed E-state index contributed by atoms with van der Waals surface area (Å²) in [5, 5.41) is 0.939. The fourth-order valence-corrected chi connectivity index (χ4v) is 4.15. The molecular weight excluding hydrogens is 296 g/mol. The van der Waals surface area contributed by atoms with E-state index >= 15 is 0 Å².